The molecule has 2 amide bonds. The number of aromatic amines is 1. The van der Waals surface area contributed by atoms with E-state index in [0.29, 0.717) is 37.0 Å². The minimum atomic E-state index is -0.110. The third-order valence-corrected chi connectivity index (χ3v) is 4.70. The number of piperidine rings is 1. The number of H-pyrrole nitrogens is 1. The van der Waals surface area contributed by atoms with Crippen molar-refractivity contribution in [3.8, 4) is 0 Å². The van der Waals surface area contributed by atoms with Crippen LogP contribution in [0.3, 0.4) is 0 Å². The van der Waals surface area contributed by atoms with Gasteiger partial charge in [0.1, 0.15) is 0 Å². The number of pyridine rings is 1. The van der Waals surface area contributed by atoms with Crippen LogP contribution in [0.5, 0.6) is 0 Å². The number of fused-ring (bicyclic) bond motifs is 1. The molecule has 1 aromatic heterocycles. The number of anilines is 1. The molecule has 132 valence electrons. The van der Waals surface area contributed by atoms with E-state index in [2.05, 4.69) is 10.3 Å². The predicted molar refractivity (Wildman–Crippen MR) is 97.3 cm³/mol. The summed E-state index contributed by atoms with van der Waals surface area (Å²) in [5.41, 5.74) is 1.28. The molecule has 0 unspecified atom stereocenters. The molecule has 1 fully saturated rings. The Bertz CT molecular complexity index is 848. The van der Waals surface area contributed by atoms with Gasteiger partial charge in [0.15, 0.2) is 5.43 Å². The summed E-state index contributed by atoms with van der Waals surface area (Å²) in [6, 6.07) is 6.74. The molecule has 25 heavy (non-hydrogen) atoms. The normalized spacial score (nSPS) is 15.6. The number of carbonyl (C=O) groups excluding carboxylic acids is 2. The van der Waals surface area contributed by atoms with E-state index in [1.165, 1.54) is 6.07 Å². The highest BCUT2D eigenvalue weighted by Gasteiger charge is 2.28. The second-order valence-electron chi connectivity index (χ2n) is 6.85. The zero-order valence-electron chi connectivity index (χ0n) is 14.5. The third-order valence-electron chi connectivity index (χ3n) is 4.70. The molecule has 1 aliphatic heterocycles. The van der Waals surface area contributed by atoms with Crippen LogP contribution in [0.1, 0.15) is 26.7 Å². The topological polar surface area (TPSA) is 82.3 Å². The number of nitrogens with one attached hydrogen (secondary N) is 2. The third kappa shape index (κ3) is 3.73. The van der Waals surface area contributed by atoms with E-state index in [9.17, 15) is 14.4 Å². The highest BCUT2D eigenvalue weighted by atomic mass is 16.2. The molecule has 2 N–H and O–H groups in total. The quantitative estimate of drug-likeness (QED) is 0.899. The van der Waals surface area contributed by atoms with Crippen molar-refractivity contribution < 1.29 is 9.59 Å². The zero-order valence-corrected chi connectivity index (χ0v) is 14.5. The van der Waals surface area contributed by atoms with E-state index in [1.807, 2.05) is 18.7 Å². The average molecular weight is 341 g/mol. The van der Waals surface area contributed by atoms with Crippen LogP contribution in [-0.4, -0.2) is 34.8 Å². The van der Waals surface area contributed by atoms with E-state index in [-0.39, 0.29) is 29.1 Å². The van der Waals surface area contributed by atoms with Crippen molar-refractivity contribution >= 4 is 28.4 Å². The number of nitrogens with zero attached hydrogens (tertiary/aromatic N) is 1. The van der Waals surface area contributed by atoms with Crippen molar-refractivity contribution in [1.82, 2.24) is 9.88 Å². The van der Waals surface area contributed by atoms with Gasteiger partial charge in [-0.1, -0.05) is 13.8 Å². The lowest BCUT2D eigenvalue weighted by Crippen LogP contribution is -2.43. The Morgan fingerprint density at radius 2 is 1.92 bits per heavy atom. The van der Waals surface area contributed by atoms with Crippen molar-refractivity contribution in [2.75, 3.05) is 18.4 Å². The first kappa shape index (κ1) is 17.2. The van der Waals surface area contributed by atoms with E-state index >= 15 is 0 Å². The van der Waals surface area contributed by atoms with E-state index in [4.69, 9.17) is 0 Å². The van der Waals surface area contributed by atoms with Crippen LogP contribution in [0.4, 0.5) is 5.69 Å². The average Bonchev–Trinajstić information content (AvgIpc) is 2.62. The molecule has 2 heterocycles. The van der Waals surface area contributed by atoms with Gasteiger partial charge in [0, 0.05) is 53.8 Å². The van der Waals surface area contributed by atoms with Gasteiger partial charge < -0.3 is 15.2 Å². The highest BCUT2D eigenvalue weighted by Crippen LogP contribution is 2.21. The second kappa shape index (κ2) is 7.09. The van der Waals surface area contributed by atoms with Crippen LogP contribution in [0.15, 0.2) is 35.3 Å². The fraction of sp³-hybridized carbons (Fsp3) is 0.421. The number of hydrogen-bond acceptors (Lipinski definition) is 3. The fourth-order valence-electron chi connectivity index (χ4n) is 3.22. The highest BCUT2D eigenvalue weighted by molar-refractivity contribution is 5.95. The molecule has 0 spiro atoms. The summed E-state index contributed by atoms with van der Waals surface area (Å²) in [4.78, 5) is 41.3. The van der Waals surface area contributed by atoms with Gasteiger partial charge in [0.25, 0.3) is 0 Å². The molecule has 6 heteroatoms. The van der Waals surface area contributed by atoms with Crippen LogP contribution in [0.25, 0.3) is 10.9 Å². The molecule has 1 saturated heterocycles. The van der Waals surface area contributed by atoms with Gasteiger partial charge in [-0.15, -0.1) is 0 Å². The van der Waals surface area contributed by atoms with Crippen molar-refractivity contribution in [1.29, 1.82) is 0 Å². The van der Waals surface area contributed by atoms with E-state index < -0.39 is 0 Å². The predicted octanol–water partition coefficient (Wildman–Crippen LogP) is 2.36. The minimum Gasteiger partial charge on any atom is -0.361 e. The molecule has 1 aromatic carbocycles. The molecule has 2 aromatic rings. The molecular formula is C19H23N3O3. The largest absolute Gasteiger partial charge is 0.361 e. The van der Waals surface area contributed by atoms with Gasteiger partial charge in [0.05, 0.1) is 0 Å². The summed E-state index contributed by atoms with van der Waals surface area (Å²) in [6.45, 7) is 5.02. The molecule has 0 bridgehead atoms. The van der Waals surface area contributed by atoms with Gasteiger partial charge in [-0.2, -0.15) is 0 Å². The Hall–Kier alpha value is -2.63. The summed E-state index contributed by atoms with van der Waals surface area (Å²) in [6.07, 6.45) is 2.94. The number of likely N-dealkylation sites (tertiary alicyclic amines) is 1. The van der Waals surface area contributed by atoms with Crippen LogP contribution < -0.4 is 10.7 Å². The van der Waals surface area contributed by atoms with E-state index in [0.717, 1.165) is 5.52 Å². The summed E-state index contributed by atoms with van der Waals surface area (Å²) in [5, 5.41) is 3.46. The first-order chi connectivity index (χ1) is 12.0. The minimum absolute atomic E-state index is 0.0129. The first-order valence-corrected chi connectivity index (χ1v) is 8.67. The summed E-state index contributed by atoms with van der Waals surface area (Å²) < 4.78 is 0. The second-order valence-corrected chi connectivity index (χ2v) is 6.85. The molecule has 0 saturated carbocycles. The lowest BCUT2D eigenvalue weighted by molar-refractivity contribution is -0.137. The number of benzene rings is 1. The molecule has 0 atom stereocenters. The molecule has 0 radical (unpaired) electrons. The first-order valence-electron chi connectivity index (χ1n) is 8.67. The smallest absolute Gasteiger partial charge is 0.227 e. The van der Waals surface area contributed by atoms with Gasteiger partial charge in [0.2, 0.25) is 11.8 Å². The van der Waals surface area contributed by atoms with Crippen LogP contribution >= 0.6 is 0 Å². The van der Waals surface area contributed by atoms with Crippen LogP contribution in [0, 0.1) is 11.8 Å². The maximum absolute atomic E-state index is 12.5. The van der Waals surface area contributed by atoms with Crippen LogP contribution in [0.2, 0.25) is 0 Å². The zero-order chi connectivity index (χ0) is 18.0. The summed E-state index contributed by atoms with van der Waals surface area (Å²) >= 11 is 0. The molecule has 3 rings (SSSR count). The Morgan fingerprint density at radius 3 is 2.60 bits per heavy atom. The number of aromatic nitrogens is 1. The Morgan fingerprint density at radius 1 is 1.20 bits per heavy atom. The van der Waals surface area contributed by atoms with Crippen molar-refractivity contribution in [3.63, 3.8) is 0 Å². The lowest BCUT2D eigenvalue weighted by Gasteiger charge is -2.32. The standard InChI is InChI=1S/C19H23N3O3/c1-12(2)19(25)22-9-6-13(7-10-22)18(24)21-14-3-4-16-15(11-14)17(23)5-8-20-16/h3-5,8,11-13H,6-7,9-10H2,1-2H3,(H,20,23)(H,21,24). The maximum Gasteiger partial charge on any atom is 0.227 e. The van der Waals surface area contributed by atoms with Crippen molar-refractivity contribution in [2.24, 2.45) is 11.8 Å². The molecular weight excluding hydrogens is 318 g/mol. The fourth-order valence-corrected chi connectivity index (χ4v) is 3.22. The van der Waals surface area contributed by atoms with Gasteiger partial charge >= 0.3 is 0 Å². The van der Waals surface area contributed by atoms with Crippen molar-refractivity contribution in [2.45, 2.75) is 26.7 Å². The number of carbonyl (C=O) groups is 2. The Kier molecular flexibility index (Phi) is 4.88. The monoisotopic (exact) mass is 341 g/mol. The number of amides is 2. The van der Waals surface area contributed by atoms with Crippen molar-refractivity contribution in [3.05, 3.63) is 40.7 Å². The van der Waals surface area contributed by atoms with Gasteiger partial charge in [-0.25, -0.2) is 0 Å². The number of rotatable bonds is 3. The van der Waals surface area contributed by atoms with Gasteiger partial charge in [-0.05, 0) is 31.0 Å². The molecule has 6 nitrogen and oxygen atoms in total. The molecule has 0 aliphatic carbocycles. The Balaban J connectivity index is 1.64. The summed E-state index contributed by atoms with van der Waals surface area (Å²) in [7, 11) is 0. The SMILES string of the molecule is CC(C)C(=O)N1CCC(C(=O)Nc2ccc3[nH]ccc(=O)c3c2)CC1. The Labute approximate surface area is 146 Å². The number of hydrogen-bond donors (Lipinski definition) is 2. The maximum atomic E-state index is 12.5. The summed E-state index contributed by atoms with van der Waals surface area (Å²) in [5.74, 6) is -0.0296. The van der Waals surface area contributed by atoms with E-state index in [1.54, 1.807) is 24.4 Å². The van der Waals surface area contributed by atoms with Crippen LogP contribution in [-0.2, 0) is 9.59 Å². The molecule has 1 aliphatic rings. The lowest BCUT2D eigenvalue weighted by atomic mass is 9.95. The van der Waals surface area contributed by atoms with Gasteiger partial charge in [-0.3, -0.25) is 14.4 Å².